The smallest absolute Gasteiger partial charge is 0.227 e. The Labute approximate surface area is 135 Å². The molecule has 2 aromatic rings. The van der Waals surface area contributed by atoms with E-state index in [0.29, 0.717) is 12.3 Å². The highest BCUT2D eigenvalue weighted by atomic mass is 32.1. The van der Waals surface area contributed by atoms with Gasteiger partial charge in [0.1, 0.15) is 0 Å². The first-order valence-corrected chi connectivity index (χ1v) is 8.61. The van der Waals surface area contributed by atoms with Crippen molar-refractivity contribution in [2.24, 2.45) is 5.92 Å². The average Bonchev–Trinajstić information content (AvgIpc) is 3.14. The van der Waals surface area contributed by atoms with Gasteiger partial charge in [-0.25, -0.2) is 4.98 Å². The average molecular weight is 315 g/mol. The molecule has 1 aliphatic rings. The molecular weight excluding hydrogens is 294 g/mol. The molecule has 1 aliphatic heterocycles. The van der Waals surface area contributed by atoms with Gasteiger partial charge < -0.3 is 10.2 Å². The summed E-state index contributed by atoms with van der Waals surface area (Å²) < 4.78 is 0. The van der Waals surface area contributed by atoms with Gasteiger partial charge in [0.2, 0.25) is 5.91 Å². The van der Waals surface area contributed by atoms with Crippen LogP contribution in [0.5, 0.6) is 0 Å². The Morgan fingerprint density at radius 3 is 2.73 bits per heavy atom. The van der Waals surface area contributed by atoms with Crippen molar-refractivity contribution < 1.29 is 4.79 Å². The molecule has 1 amide bonds. The number of carbonyl (C=O) groups is 1. The molecule has 1 aromatic carbocycles. The minimum absolute atomic E-state index is 0.224. The fourth-order valence-electron chi connectivity index (χ4n) is 2.51. The van der Waals surface area contributed by atoms with E-state index in [4.69, 9.17) is 0 Å². The fourth-order valence-corrected chi connectivity index (χ4v) is 3.24. The first kappa shape index (κ1) is 15.0. The van der Waals surface area contributed by atoms with Crippen LogP contribution in [0.4, 0.5) is 10.8 Å². The zero-order chi connectivity index (χ0) is 15.5. The maximum atomic E-state index is 11.8. The predicted octanol–water partition coefficient (Wildman–Crippen LogP) is 4.00. The van der Waals surface area contributed by atoms with Gasteiger partial charge in [-0.1, -0.05) is 26.0 Å². The minimum Gasteiger partial charge on any atom is -0.361 e. The molecule has 0 unspecified atom stereocenters. The fraction of sp³-hybridized carbons (Fsp3) is 0.412. The number of benzene rings is 1. The summed E-state index contributed by atoms with van der Waals surface area (Å²) in [7, 11) is 0. The van der Waals surface area contributed by atoms with Gasteiger partial charge in [0.15, 0.2) is 5.13 Å². The summed E-state index contributed by atoms with van der Waals surface area (Å²) in [5.41, 5.74) is 3.06. The molecule has 3 rings (SSSR count). The van der Waals surface area contributed by atoms with Crippen LogP contribution in [0.1, 0.15) is 26.7 Å². The van der Waals surface area contributed by atoms with Crippen molar-refractivity contribution in [3.63, 3.8) is 0 Å². The number of hydrogen-bond donors (Lipinski definition) is 1. The molecule has 116 valence electrons. The second-order valence-electron chi connectivity index (χ2n) is 6.01. The molecule has 0 spiro atoms. The van der Waals surface area contributed by atoms with Crippen LogP contribution in [0.3, 0.4) is 0 Å². The van der Waals surface area contributed by atoms with Gasteiger partial charge in [0.05, 0.1) is 5.69 Å². The van der Waals surface area contributed by atoms with Gasteiger partial charge in [-0.2, -0.15) is 0 Å². The van der Waals surface area contributed by atoms with E-state index in [2.05, 4.69) is 29.5 Å². The molecule has 0 saturated carbocycles. The van der Waals surface area contributed by atoms with E-state index >= 15 is 0 Å². The van der Waals surface area contributed by atoms with Crippen molar-refractivity contribution in [3.8, 4) is 11.3 Å². The lowest BCUT2D eigenvalue weighted by Crippen LogP contribution is -2.23. The van der Waals surface area contributed by atoms with Crippen molar-refractivity contribution >= 4 is 28.1 Å². The van der Waals surface area contributed by atoms with Crippen LogP contribution in [0.25, 0.3) is 11.3 Å². The topological polar surface area (TPSA) is 45.2 Å². The van der Waals surface area contributed by atoms with Crippen LogP contribution < -0.4 is 10.2 Å². The Morgan fingerprint density at radius 1 is 1.32 bits per heavy atom. The van der Waals surface area contributed by atoms with E-state index in [-0.39, 0.29) is 5.91 Å². The summed E-state index contributed by atoms with van der Waals surface area (Å²) in [5, 5.41) is 6.38. The molecule has 0 atom stereocenters. The summed E-state index contributed by atoms with van der Waals surface area (Å²) in [4.78, 5) is 18.2. The molecule has 1 N–H and O–H groups in total. The molecule has 22 heavy (non-hydrogen) atoms. The lowest BCUT2D eigenvalue weighted by Gasteiger charge is -2.15. The number of carbonyl (C=O) groups excluding carboxylic acids is 1. The zero-order valence-electron chi connectivity index (χ0n) is 13.0. The van der Waals surface area contributed by atoms with Gasteiger partial charge in [0.25, 0.3) is 0 Å². The highest BCUT2D eigenvalue weighted by Gasteiger charge is 2.21. The monoisotopic (exact) mass is 315 g/mol. The Hall–Kier alpha value is -1.88. The number of nitrogens with one attached hydrogen (secondary N) is 1. The van der Waals surface area contributed by atoms with Crippen LogP contribution in [-0.2, 0) is 4.79 Å². The van der Waals surface area contributed by atoms with E-state index in [1.54, 1.807) is 11.3 Å². The van der Waals surface area contributed by atoms with Gasteiger partial charge >= 0.3 is 0 Å². The third-order valence-electron chi connectivity index (χ3n) is 3.71. The second-order valence-corrected chi connectivity index (χ2v) is 6.87. The molecule has 5 heteroatoms. The summed E-state index contributed by atoms with van der Waals surface area (Å²) in [6, 6.07) is 8.11. The van der Waals surface area contributed by atoms with Gasteiger partial charge in [-0.05, 0) is 24.5 Å². The van der Waals surface area contributed by atoms with Crippen LogP contribution in [0.2, 0.25) is 0 Å². The third kappa shape index (κ3) is 3.30. The molecule has 0 bridgehead atoms. The lowest BCUT2D eigenvalue weighted by atomic mass is 10.1. The van der Waals surface area contributed by atoms with E-state index in [1.165, 1.54) is 0 Å². The first-order chi connectivity index (χ1) is 10.6. The van der Waals surface area contributed by atoms with Gasteiger partial charge in [-0.15, -0.1) is 11.3 Å². The third-order valence-corrected chi connectivity index (χ3v) is 4.51. The Bertz CT molecular complexity index is 648. The number of hydrogen-bond acceptors (Lipinski definition) is 4. The number of aromatic nitrogens is 1. The Balaban J connectivity index is 1.71. The molecule has 2 heterocycles. The first-order valence-electron chi connectivity index (χ1n) is 7.73. The van der Waals surface area contributed by atoms with Crippen LogP contribution in [0.15, 0.2) is 29.6 Å². The summed E-state index contributed by atoms with van der Waals surface area (Å²) in [6.07, 6.45) is 1.62. The molecule has 1 saturated heterocycles. The van der Waals surface area contributed by atoms with Crippen LogP contribution in [-0.4, -0.2) is 24.0 Å². The Kier molecular flexibility index (Phi) is 4.43. The van der Waals surface area contributed by atoms with Crippen molar-refractivity contribution in [2.45, 2.75) is 26.7 Å². The van der Waals surface area contributed by atoms with Gasteiger partial charge in [-0.3, -0.25) is 4.79 Å². The van der Waals surface area contributed by atoms with E-state index in [0.717, 1.165) is 41.6 Å². The normalized spacial score (nSPS) is 14.9. The highest BCUT2D eigenvalue weighted by molar-refractivity contribution is 7.14. The molecular formula is C17H21N3OS. The summed E-state index contributed by atoms with van der Waals surface area (Å²) in [5.74, 6) is 0.825. The molecule has 0 radical (unpaired) electrons. The maximum Gasteiger partial charge on any atom is 0.227 e. The number of rotatable bonds is 5. The quantitative estimate of drug-likeness (QED) is 0.907. The second kappa shape index (κ2) is 6.48. The van der Waals surface area contributed by atoms with Gasteiger partial charge in [0, 0.05) is 36.1 Å². The highest BCUT2D eigenvalue weighted by Crippen LogP contribution is 2.28. The molecule has 1 aromatic heterocycles. The van der Waals surface area contributed by atoms with E-state index < -0.39 is 0 Å². The molecule has 4 nitrogen and oxygen atoms in total. The lowest BCUT2D eigenvalue weighted by molar-refractivity contribution is -0.117. The van der Waals surface area contributed by atoms with Crippen molar-refractivity contribution in [2.75, 3.05) is 23.3 Å². The maximum absolute atomic E-state index is 11.8. The predicted molar refractivity (Wildman–Crippen MR) is 92.5 cm³/mol. The van der Waals surface area contributed by atoms with Crippen LogP contribution in [0, 0.1) is 5.92 Å². The number of nitrogens with zero attached hydrogens (tertiary/aromatic N) is 2. The van der Waals surface area contributed by atoms with E-state index in [1.807, 2.05) is 29.2 Å². The van der Waals surface area contributed by atoms with Crippen LogP contribution >= 0.6 is 11.3 Å². The number of anilines is 2. The Morgan fingerprint density at radius 2 is 2.09 bits per heavy atom. The summed E-state index contributed by atoms with van der Waals surface area (Å²) in [6.45, 7) is 6.13. The largest absolute Gasteiger partial charge is 0.361 e. The zero-order valence-corrected chi connectivity index (χ0v) is 13.8. The number of thiazole rings is 1. The number of amides is 1. The molecule has 1 fully saturated rings. The molecule has 0 aliphatic carbocycles. The van der Waals surface area contributed by atoms with Crippen molar-refractivity contribution in [1.29, 1.82) is 0 Å². The van der Waals surface area contributed by atoms with Crippen molar-refractivity contribution in [1.82, 2.24) is 4.98 Å². The SMILES string of the molecule is CC(C)CNc1nc(-c2ccc(N3CCCC3=O)cc2)cs1. The minimum atomic E-state index is 0.224. The summed E-state index contributed by atoms with van der Waals surface area (Å²) >= 11 is 1.63. The standard InChI is InChI=1S/C17H21N3OS/c1-12(2)10-18-17-19-15(11-22-17)13-5-7-14(8-6-13)20-9-3-4-16(20)21/h5-8,11-12H,3-4,9-10H2,1-2H3,(H,18,19). The van der Waals surface area contributed by atoms with Crippen molar-refractivity contribution in [3.05, 3.63) is 29.6 Å². The van der Waals surface area contributed by atoms with E-state index in [9.17, 15) is 4.79 Å².